The molecule has 22 heavy (non-hydrogen) atoms. The molecule has 0 saturated carbocycles. The third kappa shape index (κ3) is 1.62. The molecule has 0 radical (unpaired) electrons. The third-order valence-electron chi connectivity index (χ3n) is 4.12. The minimum Gasteiger partial charge on any atom is -0.235 e. The summed E-state index contributed by atoms with van der Waals surface area (Å²) in [4.78, 5) is 6.18. The van der Waals surface area contributed by atoms with Crippen LogP contribution in [0.5, 0.6) is 0 Å². The zero-order valence-electron chi connectivity index (χ0n) is 11.5. The monoisotopic (exact) mass is 319 g/mol. The Morgan fingerprint density at radius 2 is 1.55 bits per heavy atom. The van der Waals surface area contributed by atoms with E-state index >= 15 is 0 Å². The number of rotatable bonds is 1. The summed E-state index contributed by atoms with van der Waals surface area (Å²) in [5.74, 6) is 0. The van der Waals surface area contributed by atoms with Crippen molar-refractivity contribution in [2.75, 3.05) is 0 Å². The van der Waals surface area contributed by atoms with E-state index in [0.29, 0.717) is 0 Å². The molecular weight excluding hydrogens is 310 g/mol. The van der Waals surface area contributed by atoms with Crippen LogP contribution in [0.25, 0.3) is 43.0 Å². The first-order chi connectivity index (χ1) is 10.8. The summed E-state index contributed by atoms with van der Waals surface area (Å²) in [6.45, 7) is 0. The molecule has 0 spiro atoms. The van der Waals surface area contributed by atoms with E-state index in [1.807, 2.05) is 24.3 Å². The molecule has 0 unspecified atom stereocenters. The molecular formula is C19H10ClNS. The van der Waals surface area contributed by atoms with Gasteiger partial charge < -0.3 is 0 Å². The number of halogens is 1. The van der Waals surface area contributed by atoms with E-state index in [-0.39, 0.29) is 0 Å². The van der Waals surface area contributed by atoms with Crippen LogP contribution < -0.4 is 0 Å². The van der Waals surface area contributed by atoms with Gasteiger partial charge >= 0.3 is 0 Å². The van der Waals surface area contributed by atoms with Crippen molar-refractivity contribution in [3.05, 3.63) is 65.7 Å². The number of aromatic nitrogens is 1. The quantitative estimate of drug-likeness (QED) is 0.355. The number of nitrogens with zero attached hydrogens (tertiary/aromatic N) is 1. The van der Waals surface area contributed by atoms with Crippen molar-refractivity contribution in [3.8, 4) is 32.3 Å². The number of benzene rings is 3. The molecule has 5 rings (SSSR count). The van der Waals surface area contributed by atoms with Crippen molar-refractivity contribution >= 4 is 33.7 Å². The molecule has 4 aromatic rings. The number of fused-ring (bicyclic) bond motifs is 3. The van der Waals surface area contributed by atoms with Crippen molar-refractivity contribution in [2.45, 2.75) is 0 Å². The lowest BCUT2D eigenvalue weighted by molar-refractivity contribution is 1.42. The van der Waals surface area contributed by atoms with Gasteiger partial charge in [-0.05, 0) is 22.9 Å². The molecule has 0 N–H and O–H groups in total. The van der Waals surface area contributed by atoms with Gasteiger partial charge in [0.25, 0.3) is 0 Å². The Morgan fingerprint density at radius 3 is 2.32 bits per heavy atom. The maximum absolute atomic E-state index is 5.98. The minimum absolute atomic E-state index is 0.753. The van der Waals surface area contributed by atoms with E-state index in [1.165, 1.54) is 26.8 Å². The average molecular weight is 320 g/mol. The van der Waals surface area contributed by atoms with Gasteiger partial charge in [-0.15, -0.1) is 11.3 Å². The number of thiazole rings is 1. The molecule has 0 aliphatic heterocycles. The molecule has 0 saturated heterocycles. The molecule has 0 atom stereocenters. The fourth-order valence-corrected chi connectivity index (χ4v) is 4.37. The Labute approximate surface area is 136 Å². The SMILES string of the molecule is Clc1ccc(-c2nc3c(s2)-c2cccc4cccc-3c24)cc1. The molecule has 104 valence electrons. The predicted octanol–water partition coefficient (Wildman–Crippen LogP) is 6.26. The molecule has 0 fully saturated rings. The predicted molar refractivity (Wildman–Crippen MR) is 94.5 cm³/mol. The van der Waals surface area contributed by atoms with Gasteiger partial charge in [-0.25, -0.2) is 4.98 Å². The molecule has 0 amide bonds. The van der Waals surface area contributed by atoms with Crippen LogP contribution in [-0.2, 0) is 0 Å². The standard InChI is InChI=1S/C19H10ClNS/c20-13-9-7-12(8-10-13)19-21-17-14-5-1-3-11-4-2-6-15(16(11)14)18(17)22-19/h1-10H. The average Bonchev–Trinajstić information content (AvgIpc) is 3.10. The summed E-state index contributed by atoms with van der Waals surface area (Å²) in [6, 6.07) is 20.8. The van der Waals surface area contributed by atoms with Gasteiger partial charge in [0.1, 0.15) is 5.01 Å². The van der Waals surface area contributed by atoms with Crippen LogP contribution in [0, 0.1) is 0 Å². The van der Waals surface area contributed by atoms with E-state index in [0.717, 1.165) is 21.3 Å². The summed E-state index contributed by atoms with van der Waals surface area (Å²) in [5.41, 5.74) is 4.79. The van der Waals surface area contributed by atoms with Crippen LogP contribution in [0.15, 0.2) is 60.7 Å². The largest absolute Gasteiger partial charge is 0.235 e. The van der Waals surface area contributed by atoms with Gasteiger partial charge in [0.05, 0.1) is 10.6 Å². The fourth-order valence-electron chi connectivity index (χ4n) is 3.13. The normalized spacial score (nSPS) is 11.9. The molecule has 1 aliphatic carbocycles. The lowest BCUT2D eigenvalue weighted by Crippen LogP contribution is -1.79. The Hall–Kier alpha value is -2.16. The van der Waals surface area contributed by atoms with Gasteiger partial charge in [-0.1, -0.05) is 60.1 Å². The third-order valence-corrected chi connectivity index (χ3v) is 5.51. The summed E-state index contributed by atoms with van der Waals surface area (Å²) < 4.78 is 0. The molecule has 3 heteroatoms. The molecule has 1 heterocycles. The Kier molecular flexibility index (Phi) is 2.49. The highest BCUT2D eigenvalue weighted by Gasteiger charge is 2.25. The van der Waals surface area contributed by atoms with Crippen molar-refractivity contribution in [3.63, 3.8) is 0 Å². The van der Waals surface area contributed by atoms with Gasteiger partial charge in [-0.3, -0.25) is 0 Å². The molecule has 1 aromatic heterocycles. The van der Waals surface area contributed by atoms with E-state index < -0.39 is 0 Å². The first kappa shape index (κ1) is 12.4. The van der Waals surface area contributed by atoms with Crippen LogP contribution in [0.4, 0.5) is 0 Å². The lowest BCUT2D eigenvalue weighted by Gasteiger charge is -2.02. The van der Waals surface area contributed by atoms with Crippen LogP contribution in [0.1, 0.15) is 0 Å². The molecule has 1 aliphatic rings. The molecule has 3 aromatic carbocycles. The summed E-state index contributed by atoms with van der Waals surface area (Å²) in [7, 11) is 0. The summed E-state index contributed by atoms with van der Waals surface area (Å²) >= 11 is 7.73. The maximum Gasteiger partial charge on any atom is 0.124 e. The van der Waals surface area contributed by atoms with Crippen molar-refractivity contribution in [1.82, 2.24) is 4.98 Å². The first-order valence-electron chi connectivity index (χ1n) is 7.10. The van der Waals surface area contributed by atoms with E-state index in [9.17, 15) is 0 Å². The first-order valence-corrected chi connectivity index (χ1v) is 8.30. The Bertz CT molecular complexity index is 975. The zero-order chi connectivity index (χ0) is 14.7. The minimum atomic E-state index is 0.753. The van der Waals surface area contributed by atoms with Crippen LogP contribution in [0.2, 0.25) is 5.02 Å². The number of hydrogen-bond acceptors (Lipinski definition) is 2. The van der Waals surface area contributed by atoms with Crippen LogP contribution in [-0.4, -0.2) is 4.98 Å². The lowest BCUT2D eigenvalue weighted by atomic mass is 10.0. The Morgan fingerprint density at radius 1 is 0.818 bits per heavy atom. The highest BCUT2D eigenvalue weighted by molar-refractivity contribution is 7.19. The maximum atomic E-state index is 5.98. The second-order valence-corrected chi connectivity index (χ2v) is 6.85. The zero-order valence-corrected chi connectivity index (χ0v) is 13.1. The van der Waals surface area contributed by atoms with E-state index in [2.05, 4.69) is 36.4 Å². The molecule has 1 nitrogen and oxygen atoms in total. The van der Waals surface area contributed by atoms with Gasteiger partial charge in [0.2, 0.25) is 0 Å². The van der Waals surface area contributed by atoms with Crippen molar-refractivity contribution < 1.29 is 0 Å². The van der Waals surface area contributed by atoms with Crippen LogP contribution >= 0.6 is 22.9 Å². The highest BCUT2D eigenvalue weighted by atomic mass is 35.5. The van der Waals surface area contributed by atoms with E-state index in [4.69, 9.17) is 16.6 Å². The topological polar surface area (TPSA) is 12.9 Å². The van der Waals surface area contributed by atoms with Gasteiger partial charge in [0.15, 0.2) is 0 Å². The summed E-state index contributed by atoms with van der Waals surface area (Å²) in [5, 5.41) is 4.42. The van der Waals surface area contributed by atoms with Crippen LogP contribution in [0.3, 0.4) is 0 Å². The smallest absolute Gasteiger partial charge is 0.124 e. The van der Waals surface area contributed by atoms with Crippen molar-refractivity contribution in [2.24, 2.45) is 0 Å². The van der Waals surface area contributed by atoms with E-state index in [1.54, 1.807) is 11.3 Å². The fraction of sp³-hybridized carbons (Fsp3) is 0. The van der Waals surface area contributed by atoms with Gasteiger partial charge in [0, 0.05) is 21.7 Å². The second kappa shape index (κ2) is 4.42. The van der Waals surface area contributed by atoms with Gasteiger partial charge in [-0.2, -0.15) is 0 Å². The highest BCUT2D eigenvalue weighted by Crippen LogP contribution is 2.50. The Balaban J connectivity index is 1.77. The van der Waals surface area contributed by atoms with Crippen molar-refractivity contribution in [1.29, 1.82) is 0 Å². The second-order valence-electron chi connectivity index (χ2n) is 5.41. The number of hydrogen-bond donors (Lipinski definition) is 0. The summed E-state index contributed by atoms with van der Waals surface area (Å²) in [6.07, 6.45) is 0. The molecule has 0 bridgehead atoms.